The molecule has 2 heterocycles. The fourth-order valence-electron chi connectivity index (χ4n) is 3.31. The van der Waals surface area contributed by atoms with Gasteiger partial charge in [0, 0.05) is 23.0 Å². The van der Waals surface area contributed by atoms with Crippen molar-refractivity contribution in [2.45, 2.75) is 20.8 Å². The van der Waals surface area contributed by atoms with E-state index in [9.17, 15) is 4.79 Å². The maximum Gasteiger partial charge on any atom is 0.255 e. The number of nitrogens with zero attached hydrogens (tertiary/aromatic N) is 2. The summed E-state index contributed by atoms with van der Waals surface area (Å²) in [5.74, 6) is 1.61. The number of aromatic nitrogens is 2. The van der Waals surface area contributed by atoms with Crippen LogP contribution in [0.3, 0.4) is 0 Å². The van der Waals surface area contributed by atoms with Crippen LogP contribution in [0.15, 0.2) is 59.1 Å². The summed E-state index contributed by atoms with van der Waals surface area (Å²) in [5, 5.41) is 2.90. The normalized spacial score (nSPS) is 10.8. The molecule has 0 unspecified atom stereocenters. The van der Waals surface area contributed by atoms with E-state index in [1.165, 1.54) is 0 Å². The number of hydrogen-bond donors (Lipinski definition) is 1. The van der Waals surface area contributed by atoms with Crippen LogP contribution in [0.4, 0.5) is 5.69 Å². The highest BCUT2D eigenvalue weighted by molar-refractivity contribution is 6.05. The predicted octanol–water partition coefficient (Wildman–Crippen LogP) is 5.34. The van der Waals surface area contributed by atoms with Crippen molar-refractivity contribution < 1.29 is 23.4 Å². The topological polar surface area (TPSA) is 95.7 Å². The van der Waals surface area contributed by atoms with E-state index in [2.05, 4.69) is 15.3 Å². The zero-order valence-corrected chi connectivity index (χ0v) is 18.8. The summed E-state index contributed by atoms with van der Waals surface area (Å²) in [4.78, 5) is 21.5. The van der Waals surface area contributed by atoms with Crippen molar-refractivity contribution in [3.63, 3.8) is 0 Å². The first-order valence-corrected chi connectivity index (χ1v) is 10.8. The molecule has 4 aromatic rings. The smallest absolute Gasteiger partial charge is 0.255 e. The molecule has 170 valence electrons. The van der Waals surface area contributed by atoms with Crippen LogP contribution >= 0.6 is 0 Å². The SMILES string of the molecule is CCOc1cc(C(=O)Nc2ccc(-c3nc4ncccc4o3)cc2)cc(OCC)c1OCC. The van der Waals surface area contributed by atoms with Gasteiger partial charge in [-0.25, -0.2) is 4.98 Å². The van der Waals surface area contributed by atoms with Gasteiger partial charge >= 0.3 is 0 Å². The van der Waals surface area contributed by atoms with Crippen molar-refractivity contribution >= 4 is 22.8 Å². The third-order valence-corrected chi connectivity index (χ3v) is 4.73. The second kappa shape index (κ2) is 10.0. The van der Waals surface area contributed by atoms with Crippen molar-refractivity contribution in [1.29, 1.82) is 0 Å². The molecule has 0 saturated heterocycles. The predicted molar refractivity (Wildman–Crippen MR) is 125 cm³/mol. The molecule has 8 nitrogen and oxygen atoms in total. The molecule has 1 N–H and O–H groups in total. The van der Waals surface area contributed by atoms with Gasteiger partial charge in [0.05, 0.1) is 19.8 Å². The van der Waals surface area contributed by atoms with E-state index < -0.39 is 0 Å². The number of hydrogen-bond acceptors (Lipinski definition) is 7. The van der Waals surface area contributed by atoms with Gasteiger partial charge in [0.15, 0.2) is 22.7 Å². The van der Waals surface area contributed by atoms with E-state index in [-0.39, 0.29) is 5.91 Å². The minimum Gasteiger partial charge on any atom is -0.490 e. The summed E-state index contributed by atoms with van der Waals surface area (Å²) < 4.78 is 22.8. The quantitative estimate of drug-likeness (QED) is 0.370. The molecule has 0 fully saturated rings. The first kappa shape index (κ1) is 22.1. The Morgan fingerprint density at radius 3 is 2.21 bits per heavy atom. The number of oxazole rings is 1. The van der Waals surface area contributed by atoms with Crippen LogP contribution in [-0.4, -0.2) is 35.7 Å². The highest BCUT2D eigenvalue weighted by atomic mass is 16.5. The summed E-state index contributed by atoms with van der Waals surface area (Å²) in [6, 6.07) is 14.2. The van der Waals surface area contributed by atoms with Crippen LogP contribution in [0.2, 0.25) is 0 Å². The lowest BCUT2D eigenvalue weighted by Crippen LogP contribution is -2.13. The highest BCUT2D eigenvalue weighted by Crippen LogP contribution is 2.39. The lowest BCUT2D eigenvalue weighted by molar-refractivity contribution is 0.102. The summed E-state index contributed by atoms with van der Waals surface area (Å²) >= 11 is 0. The van der Waals surface area contributed by atoms with E-state index in [1.54, 1.807) is 36.5 Å². The van der Waals surface area contributed by atoms with Crippen LogP contribution in [0.1, 0.15) is 31.1 Å². The molecule has 4 rings (SSSR count). The number of nitrogens with one attached hydrogen (secondary N) is 1. The average Bonchev–Trinajstić information content (AvgIpc) is 3.26. The molecule has 1 amide bonds. The second-order valence-electron chi connectivity index (χ2n) is 6.98. The number of carbonyl (C=O) groups excluding carboxylic acids is 1. The highest BCUT2D eigenvalue weighted by Gasteiger charge is 2.18. The van der Waals surface area contributed by atoms with Crippen LogP contribution in [0, 0.1) is 0 Å². The van der Waals surface area contributed by atoms with Crippen molar-refractivity contribution in [2.24, 2.45) is 0 Å². The molecule has 0 radical (unpaired) electrons. The number of benzene rings is 2. The molecular formula is C25H25N3O5. The molecule has 0 atom stereocenters. The maximum atomic E-state index is 13.0. The number of anilines is 1. The van der Waals surface area contributed by atoms with Crippen molar-refractivity contribution in [1.82, 2.24) is 9.97 Å². The molecule has 0 aliphatic rings. The van der Waals surface area contributed by atoms with Crippen LogP contribution in [0.25, 0.3) is 22.7 Å². The monoisotopic (exact) mass is 447 g/mol. The zero-order chi connectivity index (χ0) is 23.2. The van der Waals surface area contributed by atoms with Crippen LogP contribution in [0.5, 0.6) is 17.2 Å². The molecule has 0 aliphatic carbocycles. The Bertz CT molecular complexity index is 1190. The Morgan fingerprint density at radius 2 is 1.61 bits per heavy atom. The summed E-state index contributed by atoms with van der Waals surface area (Å²) in [6.45, 7) is 6.95. The molecule has 8 heteroatoms. The van der Waals surface area contributed by atoms with Crippen LogP contribution in [-0.2, 0) is 0 Å². The van der Waals surface area contributed by atoms with E-state index in [4.69, 9.17) is 18.6 Å². The van der Waals surface area contributed by atoms with E-state index in [0.717, 1.165) is 5.56 Å². The second-order valence-corrected chi connectivity index (χ2v) is 6.98. The van der Waals surface area contributed by atoms with Crippen molar-refractivity contribution in [3.8, 4) is 28.7 Å². The minimum atomic E-state index is -0.293. The number of pyridine rings is 1. The first-order valence-electron chi connectivity index (χ1n) is 10.8. The van der Waals surface area contributed by atoms with E-state index in [0.29, 0.717) is 65.4 Å². The molecule has 0 bridgehead atoms. The number of carbonyl (C=O) groups is 1. The summed E-state index contributed by atoms with van der Waals surface area (Å²) in [5.41, 5.74) is 2.98. The van der Waals surface area contributed by atoms with Gasteiger partial charge in [0.25, 0.3) is 5.91 Å². The Hall–Kier alpha value is -4.07. The largest absolute Gasteiger partial charge is 0.490 e. The van der Waals surface area contributed by atoms with Gasteiger partial charge in [-0.2, -0.15) is 4.98 Å². The maximum absolute atomic E-state index is 13.0. The first-order chi connectivity index (χ1) is 16.1. The average molecular weight is 447 g/mol. The fraction of sp³-hybridized carbons (Fsp3) is 0.240. The van der Waals surface area contributed by atoms with Gasteiger partial charge in [-0.15, -0.1) is 0 Å². The van der Waals surface area contributed by atoms with Gasteiger partial charge in [-0.1, -0.05) is 0 Å². The zero-order valence-electron chi connectivity index (χ0n) is 18.8. The Morgan fingerprint density at radius 1 is 0.939 bits per heavy atom. The van der Waals surface area contributed by atoms with Gasteiger partial charge in [0.1, 0.15) is 0 Å². The Labute approximate surface area is 191 Å². The number of rotatable bonds is 9. The molecule has 0 spiro atoms. The van der Waals surface area contributed by atoms with Crippen LogP contribution < -0.4 is 19.5 Å². The van der Waals surface area contributed by atoms with Gasteiger partial charge in [0.2, 0.25) is 11.6 Å². The molecule has 2 aromatic heterocycles. The Balaban J connectivity index is 1.56. The van der Waals surface area contributed by atoms with E-state index >= 15 is 0 Å². The van der Waals surface area contributed by atoms with Gasteiger partial charge in [-0.3, -0.25) is 4.79 Å². The third-order valence-electron chi connectivity index (χ3n) is 4.73. The van der Waals surface area contributed by atoms with Gasteiger partial charge < -0.3 is 23.9 Å². The standard InChI is InChI=1S/C25H25N3O5/c1-4-30-20-14-17(15-21(31-5-2)22(20)32-6-3)24(29)27-18-11-9-16(10-12-18)25-28-23-19(33-25)8-7-13-26-23/h7-15H,4-6H2,1-3H3,(H,27,29). The lowest BCUT2D eigenvalue weighted by atomic mass is 10.1. The van der Waals surface area contributed by atoms with Crippen molar-refractivity contribution in [2.75, 3.05) is 25.1 Å². The van der Waals surface area contributed by atoms with Gasteiger partial charge in [-0.05, 0) is 69.3 Å². The van der Waals surface area contributed by atoms with E-state index in [1.807, 2.05) is 39.0 Å². The molecule has 0 aliphatic heterocycles. The number of fused-ring (bicyclic) bond motifs is 1. The lowest BCUT2D eigenvalue weighted by Gasteiger charge is -2.17. The summed E-state index contributed by atoms with van der Waals surface area (Å²) in [7, 11) is 0. The molecule has 2 aromatic carbocycles. The Kier molecular flexibility index (Phi) is 6.73. The third kappa shape index (κ3) is 4.90. The van der Waals surface area contributed by atoms with Crippen molar-refractivity contribution in [3.05, 3.63) is 60.3 Å². The summed E-state index contributed by atoms with van der Waals surface area (Å²) in [6.07, 6.45) is 1.67. The molecular weight excluding hydrogens is 422 g/mol. The fourth-order valence-corrected chi connectivity index (χ4v) is 3.31. The molecule has 33 heavy (non-hydrogen) atoms. The number of amides is 1. The molecule has 0 saturated carbocycles. The number of ether oxygens (including phenoxy) is 3. The minimum absolute atomic E-state index is 0.293.